The molecule has 212 valence electrons. The highest BCUT2D eigenvalue weighted by atomic mass is 16.8. The smallest absolute Gasteiger partial charge is 0.414 e. The first-order valence-corrected chi connectivity index (χ1v) is 12.3. The molecule has 3 N–H and O–H groups in total. The molecular weight excluding hydrogens is 490 g/mol. The second kappa shape index (κ2) is 9.93. The van der Waals surface area contributed by atoms with Crippen molar-refractivity contribution in [1.82, 2.24) is 10.6 Å². The van der Waals surface area contributed by atoms with Crippen molar-refractivity contribution in [2.45, 2.75) is 122 Å². The minimum Gasteiger partial charge on any atom is -0.444 e. The minimum absolute atomic E-state index is 0.232. The lowest BCUT2D eigenvalue weighted by Gasteiger charge is -2.29. The molecule has 0 aromatic rings. The number of fused-ring (bicyclic) bond motifs is 1. The van der Waals surface area contributed by atoms with E-state index in [0.717, 1.165) is 0 Å². The van der Waals surface area contributed by atoms with Crippen LogP contribution in [0.2, 0.25) is 0 Å². The molecule has 3 heterocycles. The third kappa shape index (κ3) is 7.52. The van der Waals surface area contributed by atoms with Gasteiger partial charge in [0.25, 0.3) is 0 Å². The zero-order chi connectivity index (χ0) is 28.0. The van der Waals surface area contributed by atoms with Crippen molar-refractivity contribution < 1.29 is 47.9 Å². The van der Waals surface area contributed by atoms with Crippen LogP contribution in [-0.4, -0.2) is 89.4 Å². The first-order chi connectivity index (χ1) is 16.7. The fourth-order valence-electron chi connectivity index (χ4n) is 4.29. The lowest BCUT2D eigenvalue weighted by atomic mass is 9.93. The number of aliphatic hydroxyl groups is 1. The second-order valence-corrected chi connectivity index (χ2v) is 12.2. The first kappa shape index (κ1) is 29.5. The number of ether oxygens (including phenoxy) is 7. The van der Waals surface area contributed by atoms with E-state index in [1.165, 1.54) is 0 Å². The number of carbonyl (C=O) groups excluding carboxylic acids is 2. The van der Waals surface area contributed by atoms with Gasteiger partial charge in [-0.2, -0.15) is 0 Å². The summed E-state index contributed by atoms with van der Waals surface area (Å²) >= 11 is 0. The summed E-state index contributed by atoms with van der Waals surface area (Å²) in [6.07, 6.45) is -5.20. The second-order valence-electron chi connectivity index (χ2n) is 12.2. The summed E-state index contributed by atoms with van der Waals surface area (Å²) in [6.45, 7) is 17.1. The Balaban J connectivity index is 1.86. The molecule has 0 radical (unpaired) electrons. The highest BCUT2D eigenvalue weighted by molar-refractivity contribution is 6.01. The van der Waals surface area contributed by atoms with Gasteiger partial charge in [-0.3, -0.25) is 10.6 Å². The summed E-state index contributed by atoms with van der Waals surface area (Å²) in [5.74, 6) is -2.17. The van der Waals surface area contributed by atoms with E-state index in [1.54, 1.807) is 69.2 Å². The maximum atomic E-state index is 12.4. The fraction of sp³-hybridized carbons (Fsp3) is 0.875. The zero-order valence-electron chi connectivity index (χ0n) is 23.3. The third-order valence-corrected chi connectivity index (χ3v) is 5.45. The van der Waals surface area contributed by atoms with Crippen LogP contribution in [0, 0.1) is 0 Å². The summed E-state index contributed by atoms with van der Waals surface area (Å²) < 4.78 is 40.3. The van der Waals surface area contributed by atoms with E-state index in [0.29, 0.717) is 0 Å². The molecule has 0 bridgehead atoms. The van der Waals surface area contributed by atoms with Crippen LogP contribution in [0.5, 0.6) is 0 Å². The Kier molecular flexibility index (Phi) is 7.93. The van der Waals surface area contributed by atoms with Gasteiger partial charge < -0.3 is 38.3 Å². The molecule has 0 spiro atoms. The highest BCUT2D eigenvalue weighted by Gasteiger charge is 2.68. The van der Waals surface area contributed by atoms with E-state index in [9.17, 15) is 14.7 Å². The number of nitrogens with one attached hydrogen (secondary N) is 2. The maximum absolute atomic E-state index is 12.4. The van der Waals surface area contributed by atoms with E-state index in [1.807, 2.05) is 0 Å². The van der Waals surface area contributed by atoms with Crippen LogP contribution in [0.3, 0.4) is 0 Å². The van der Waals surface area contributed by atoms with E-state index in [-0.39, 0.29) is 19.1 Å². The first-order valence-electron chi connectivity index (χ1n) is 12.3. The van der Waals surface area contributed by atoms with Crippen LogP contribution in [-0.2, 0) is 33.2 Å². The van der Waals surface area contributed by atoms with Gasteiger partial charge in [-0.1, -0.05) is 0 Å². The van der Waals surface area contributed by atoms with Gasteiger partial charge in [0.15, 0.2) is 23.5 Å². The Bertz CT molecular complexity index is 875. The zero-order valence-corrected chi connectivity index (χ0v) is 23.3. The molecule has 0 aromatic carbocycles. The third-order valence-electron chi connectivity index (χ3n) is 5.45. The van der Waals surface area contributed by atoms with Crippen LogP contribution in [0.15, 0.2) is 4.99 Å². The summed E-state index contributed by atoms with van der Waals surface area (Å²) in [5.41, 5.74) is -3.06. The Morgan fingerprint density at radius 1 is 0.946 bits per heavy atom. The van der Waals surface area contributed by atoms with Gasteiger partial charge in [0, 0.05) is 0 Å². The number of alkyl carbamates (subject to hydrolysis) is 2. The van der Waals surface area contributed by atoms with Gasteiger partial charge in [-0.25, -0.2) is 14.6 Å². The summed E-state index contributed by atoms with van der Waals surface area (Å²) in [7, 11) is 0. The number of carbonyl (C=O) groups is 2. The molecule has 0 aromatic heterocycles. The number of guanidine groups is 1. The molecule has 3 aliphatic rings. The van der Waals surface area contributed by atoms with Gasteiger partial charge in [0.05, 0.1) is 13.2 Å². The van der Waals surface area contributed by atoms with Crippen molar-refractivity contribution in [1.29, 1.82) is 0 Å². The molecule has 3 saturated heterocycles. The van der Waals surface area contributed by atoms with Crippen molar-refractivity contribution in [2.24, 2.45) is 4.99 Å². The quantitative estimate of drug-likeness (QED) is 0.364. The normalized spacial score (nSPS) is 32.4. The summed E-state index contributed by atoms with van der Waals surface area (Å²) in [4.78, 5) is 29.3. The molecule has 3 rings (SSSR count). The number of hydrogen-bond acceptors (Lipinski definition) is 11. The van der Waals surface area contributed by atoms with Crippen molar-refractivity contribution in [2.75, 3.05) is 13.2 Å². The number of aliphatic hydroxyl groups excluding tert-OH is 1. The summed E-state index contributed by atoms with van der Waals surface area (Å²) in [5, 5.41) is 15.8. The Morgan fingerprint density at radius 2 is 1.49 bits per heavy atom. The molecule has 2 amide bonds. The van der Waals surface area contributed by atoms with Gasteiger partial charge in [-0.05, 0) is 69.2 Å². The van der Waals surface area contributed by atoms with E-state index in [2.05, 4.69) is 15.6 Å². The molecule has 5 atom stereocenters. The monoisotopic (exact) mass is 531 g/mol. The van der Waals surface area contributed by atoms with E-state index >= 15 is 0 Å². The molecular formula is C24H41N3O10. The van der Waals surface area contributed by atoms with Crippen molar-refractivity contribution in [3.05, 3.63) is 0 Å². The van der Waals surface area contributed by atoms with Gasteiger partial charge >= 0.3 is 12.2 Å². The predicted octanol–water partition coefficient (Wildman–Crippen LogP) is 2.15. The van der Waals surface area contributed by atoms with Gasteiger partial charge in [0.1, 0.15) is 29.5 Å². The van der Waals surface area contributed by atoms with Gasteiger partial charge in [-0.15, -0.1) is 0 Å². The lowest BCUT2D eigenvalue weighted by molar-refractivity contribution is -0.254. The van der Waals surface area contributed by atoms with E-state index < -0.39 is 65.2 Å². The maximum Gasteiger partial charge on any atom is 0.414 e. The number of nitrogens with zero attached hydrogens (tertiary/aromatic N) is 1. The van der Waals surface area contributed by atoms with Crippen molar-refractivity contribution in [3.8, 4) is 0 Å². The Hall–Kier alpha value is -2.03. The Labute approximate surface area is 217 Å². The van der Waals surface area contributed by atoms with Crippen LogP contribution >= 0.6 is 0 Å². The number of aliphatic imine (C=N–C) groups is 1. The topological polar surface area (TPSA) is 155 Å². The molecule has 3 aliphatic heterocycles. The van der Waals surface area contributed by atoms with Crippen molar-refractivity contribution >= 4 is 18.1 Å². The average Bonchev–Trinajstić information content (AvgIpc) is 3.24. The number of rotatable bonds is 3. The molecule has 13 nitrogen and oxygen atoms in total. The van der Waals surface area contributed by atoms with Crippen molar-refractivity contribution in [3.63, 3.8) is 0 Å². The van der Waals surface area contributed by atoms with Gasteiger partial charge in [0.2, 0.25) is 5.96 Å². The van der Waals surface area contributed by atoms with Crippen LogP contribution in [0.1, 0.15) is 69.2 Å². The number of amides is 2. The number of hydrogen-bond donors (Lipinski definition) is 3. The molecule has 1 unspecified atom stereocenters. The molecule has 37 heavy (non-hydrogen) atoms. The molecule has 13 heteroatoms. The highest BCUT2D eigenvalue weighted by Crippen LogP contribution is 2.48. The molecule has 0 saturated carbocycles. The largest absolute Gasteiger partial charge is 0.444 e. The van der Waals surface area contributed by atoms with Crippen LogP contribution in [0.25, 0.3) is 0 Å². The Morgan fingerprint density at radius 3 is 1.95 bits per heavy atom. The van der Waals surface area contributed by atoms with Crippen LogP contribution in [0.4, 0.5) is 9.59 Å². The summed E-state index contributed by atoms with van der Waals surface area (Å²) in [6, 6.07) is 0. The minimum atomic E-state index is -1.47. The standard InChI is InChI=1S/C24H41N3O10/c1-20(2,3)35-18(29)26-17(27-19(30)36-21(4,5)6)25-12-24-15(34-23(9,10)37-24)14(32-16(24)28)13-11-31-22(7,8)33-13/h13-16,28H,11-12H2,1-10H3,(H2,25,26,27,29,30)/t13-,14-,15+,16?,24+/m1/s1. The predicted molar refractivity (Wildman–Crippen MR) is 130 cm³/mol. The molecule has 0 aliphatic carbocycles. The van der Waals surface area contributed by atoms with Crippen LogP contribution < -0.4 is 10.6 Å². The van der Waals surface area contributed by atoms with E-state index in [4.69, 9.17) is 33.2 Å². The fourth-order valence-corrected chi connectivity index (χ4v) is 4.29. The average molecular weight is 532 g/mol. The lowest BCUT2D eigenvalue weighted by Crippen LogP contribution is -2.52. The molecule has 3 fully saturated rings. The SMILES string of the molecule is CC(C)(C)OC(=O)NC(=NC[C@]12OC(C)(C)O[C@H]1[C@@H]([C@H]1COC(C)(C)O1)OC2O)NC(=O)OC(C)(C)C.